The fraction of sp³-hybridized carbons (Fsp3) is 0.480. The van der Waals surface area contributed by atoms with Gasteiger partial charge in [-0.25, -0.2) is 4.98 Å². The highest BCUT2D eigenvalue weighted by Gasteiger charge is 2.53. The number of carboxylic acid groups (broad SMARTS) is 1. The molecule has 0 radical (unpaired) electrons. The van der Waals surface area contributed by atoms with Crippen molar-refractivity contribution in [2.75, 3.05) is 0 Å². The molecule has 8 heteroatoms. The van der Waals surface area contributed by atoms with Gasteiger partial charge in [0, 0.05) is 11.1 Å². The molecule has 4 saturated carbocycles. The van der Waals surface area contributed by atoms with Crippen molar-refractivity contribution in [1.82, 2.24) is 4.98 Å². The highest BCUT2D eigenvalue weighted by molar-refractivity contribution is 8.00. The van der Waals surface area contributed by atoms with Crippen molar-refractivity contribution in [1.29, 1.82) is 5.26 Å². The predicted octanol–water partition coefficient (Wildman–Crippen LogP) is 6.36. The number of hydrogen-bond donors (Lipinski definition) is 1. The Hall–Kier alpha value is -2.53. The van der Waals surface area contributed by atoms with Crippen LogP contribution in [0, 0.1) is 29.1 Å². The summed E-state index contributed by atoms with van der Waals surface area (Å²) in [4.78, 5) is 16.7. The van der Waals surface area contributed by atoms with Crippen molar-refractivity contribution in [2.24, 2.45) is 17.8 Å². The molecule has 4 aliphatic rings. The van der Waals surface area contributed by atoms with Gasteiger partial charge in [0.05, 0.1) is 11.1 Å². The number of rotatable bonds is 5. The molecular weight excluding hydrogens is 449 g/mol. The largest absolute Gasteiger partial charge is 0.480 e. The van der Waals surface area contributed by atoms with Crippen LogP contribution in [0.4, 0.5) is 13.2 Å². The molecule has 0 aliphatic heterocycles. The highest BCUT2D eigenvalue weighted by atomic mass is 32.2. The smallest absolute Gasteiger partial charge is 0.417 e. The number of nitrogens with zero attached hydrogens (tertiary/aromatic N) is 2. The van der Waals surface area contributed by atoms with Crippen LogP contribution in [0.2, 0.25) is 0 Å². The third-order valence-corrected chi connectivity index (χ3v) is 8.77. The third-order valence-electron chi connectivity index (χ3n) is 7.54. The minimum Gasteiger partial charge on any atom is -0.480 e. The monoisotopic (exact) mass is 472 g/mol. The predicted molar refractivity (Wildman–Crippen MR) is 116 cm³/mol. The Balaban J connectivity index is 1.63. The second kappa shape index (κ2) is 8.05. The minimum atomic E-state index is -4.73. The first-order valence-corrected chi connectivity index (χ1v) is 12.0. The zero-order valence-electron chi connectivity index (χ0n) is 17.8. The van der Waals surface area contributed by atoms with Gasteiger partial charge in [-0.05, 0) is 67.9 Å². The number of thioether (sulfide) groups is 1. The summed E-state index contributed by atoms with van der Waals surface area (Å²) in [7, 11) is 0. The lowest BCUT2D eigenvalue weighted by Gasteiger charge is -2.56. The molecule has 1 atom stereocenters. The molecule has 172 valence electrons. The van der Waals surface area contributed by atoms with E-state index in [1.807, 2.05) is 0 Å². The minimum absolute atomic E-state index is 0.144. The van der Waals surface area contributed by atoms with Crippen molar-refractivity contribution < 1.29 is 23.1 Å². The zero-order valence-corrected chi connectivity index (χ0v) is 18.6. The van der Waals surface area contributed by atoms with Gasteiger partial charge in [0.1, 0.15) is 16.3 Å². The van der Waals surface area contributed by atoms with E-state index in [0.29, 0.717) is 40.8 Å². The summed E-state index contributed by atoms with van der Waals surface area (Å²) in [6.45, 7) is 0. The Labute approximate surface area is 194 Å². The lowest BCUT2D eigenvalue weighted by molar-refractivity contribution is -0.138. The number of alkyl halides is 3. The number of benzene rings is 1. The summed E-state index contributed by atoms with van der Waals surface area (Å²) in [6, 6.07) is 11.1. The Kier molecular flexibility index (Phi) is 5.43. The molecule has 2 aromatic rings. The number of aliphatic carboxylic acids is 1. The summed E-state index contributed by atoms with van der Waals surface area (Å²) in [5.74, 6) is 0.339. The van der Waals surface area contributed by atoms with Crippen molar-refractivity contribution >= 4 is 17.7 Å². The standard InChI is InChI=1S/C25H23F3N2O2S/c26-25(27,28)19-9-20(24-10-14-6-15(11-24)8-16(7-14)12-24)30-22(18(19)13-29)33-21(23(31)32)17-4-2-1-3-5-17/h1-5,9,14-16,21H,6-8,10-12H2,(H,31,32)/t14?,15?,16?,21-,24?/m1/s1. The molecule has 33 heavy (non-hydrogen) atoms. The van der Waals surface area contributed by atoms with E-state index >= 15 is 0 Å². The van der Waals surface area contributed by atoms with Gasteiger partial charge in [-0.15, -0.1) is 0 Å². The maximum Gasteiger partial charge on any atom is 0.417 e. The molecule has 1 N–H and O–H groups in total. The zero-order chi connectivity index (χ0) is 23.4. The molecule has 4 fully saturated rings. The van der Waals surface area contributed by atoms with Crippen LogP contribution in [0.5, 0.6) is 0 Å². The maximum absolute atomic E-state index is 14.1. The first kappa shape index (κ1) is 22.3. The average molecular weight is 473 g/mol. The second-order valence-corrected chi connectivity index (χ2v) is 10.9. The number of carboxylic acids is 1. The Morgan fingerprint density at radius 3 is 2.18 bits per heavy atom. The van der Waals surface area contributed by atoms with Crippen LogP contribution in [-0.4, -0.2) is 16.1 Å². The van der Waals surface area contributed by atoms with E-state index in [-0.39, 0.29) is 5.03 Å². The Morgan fingerprint density at radius 2 is 1.70 bits per heavy atom. The fourth-order valence-electron chi connectivity index (χ4n) is 6.64. The molecule has 4 bridgehead atoms. The Bertz CT molecular complexity index is 1090. The van der Waals surface area contributed by atoms with E-state index < -0.39 is 33.9 Å². The van der Waals surface area contributed by atoms with E-state index in [1.54, 1.807) is 36.4 Å². The topological polar surface area (TPSA) is 74.0 Å². The third kappa shape index (κ3) is 4.01. The number of halogens is 3. The van der Waals surface area contributed by atoms with Crippen molar-refractivity contribution in [2.45, 2.75) is 60.4 Å². The Morgan fingerprint density at radius 1 is 1.12 bits per heavy atom. The number of aromatic nitrogens is 1. The van der Waals surface area contributed by atoms with Gasteiger partial charge in [-0.3, -0.25) is 4.79 Å². The van der Waals surface area contributed by atoms with Crippen LogP contribution in [0.15, 0.2) is 41.4 Å². The number of pyridine rings is 1. The summed E-state index contributed by atoms with van der Waals surface area (Å²) < 4.78 is 42.2. The molecule has 1 heterocycles. The van der Waals surface area contributed by atoms with Crippen LogP contribution in [0.3, 0.4) is 0 Å². The first-order chi connectivity index (χ1) is 15.7. The molecule has 4 nitrogen and oxygen atoms in total. The van der Waals surface area contributed by atoms with Crippen LogP contribution in [-0.2, 0) is 16.4 Å². The van der Waals surface area contributed by atoms with Crippen LogP contribution in [0.25, 0.3) is 0 Å². The van der Waals surface area contributed by atoms with Gasteiger partial charge < -0.3 is 5.11 Å². The van der Waals surface area contributed by atoms with Gasteiger partial charge in [0.25, 0.3) is 0 Å². The molecular formula is C25H23F3N2O2S. The van der Waals surface area contributed by atoms with Gasteiger partial charge >= 0.3 is 12.1 Å². The normalized spacial score (nSPS) is 29.0. The lowest BCUT2D eigenvalue weighted by atomic mass is 9.48. The van der Waals surface area contributed by atoms with Gasteiger partial charge in [0.15, 0.2) is 0 Å². The van der Waals surface area contributed by atoms with Crippen molar-refractivity contribution in [3.05, 3.63) is 58.8 Å². The second-order valence-electron chi connectivity index (χ2n) is 9.79. The van der Waals surface area contributed by atoms with E-state index in [0.717, 1.165) is 44.6 Å². The maximum atomic E-state index is 14.1. The van der Waals surface area contributed by atoms with Gasteiger partial charge in [-0.2, -0.15) is 18.4 Å². The first-order valence-electron chi connectivity index (χ1n) is 11.2. The fourth-order valence-corrected chi connectivity index (χ4v) is 7.68. The van der Waals surface area contributed by atoms with Gasteiger partial charge in [0.2, 0.25) is 0 Å². The summed E-state index contributed by atoms with van der Waals surface area (Å²) in [6.07, 6.45) is 1.14. The number of nitriles is 1. The van der Waals surface area contributed by atoms with E-state index in [1.165, 1.54) is 0 Å². The van der Waals surface area contributed by atoms with Gasteiger partial charge in [-0.1, -0.05) is 42.1 Å². The quantitative estimate of drug-likeness (QED) is 0.513. The van der Waals surface area contributed by atoms with E-state index in [4.69, 9.17) is 0 Å². The average Bonchev–Trinajstić information content (AvgIpc) is 2.75. The van der Waals surface area contributed by atoms with Crippen LogP contribution in [0.1, 0.15) is 66.2 Å². The molecule has 6 rings (SSSR count). The molecule has 0 unspecified atom stereocenters. The van der Waals surface area contributed by atoms with Crippen molar-refractivity contribution in [3.8, 4) is 6.07 Å². The lowest BCUT2D eigenvalue weighted by Crippen LogP contribution is -2.49. The van der Waals surface area contributed by atoms with Crippen LogP contribution < -0.4 is 0 Å². The van der Waals surface area contributed by atoms with Crippen LogP contribution >= 0.6 is 11.8 Å². The summed E-state index contributed by atoms with van der Waals surface area (Å²) in [5, 5.41) is 18.2. The summed E-state index contributed by atoms with van der Waals surface area (Å²) >= 11 is 0.716. The highest BCUT2D eigenvalue weighted by Crippen LogP contribution is 2.61. The van der Waals surface area contributed by atoms with E-state index in [2.05, 4.69) is 4.98 Å². The van der Waals surface area contributed by atoms with E-state index in [9.17, 15) is 28.3 Å². The van der Waals surface area contributed by atoms with Crippen molar-refractivity contribution in [3.63, 3.8) is 0 Å². The summed E-state index contributed by atoms with van der Waals surface area (Å²) in [5.41, 5.74) is -1.19. The molecule has 1 aromatic carbocycles. The number of carbonyl (C=O) groups is 1. The molecule has 0 spiro atoms. The molecule has 0 amide bonds. The molecule has 0 saturated heterocycles. The molecule has 1 aromatic heterocycles. The molecule has 4 aliphatic carbocycles. The number of hydrogen-bond acceptors (Lipinski definition) is 4. The SMILES string of the molecule is N#Cc1c(C(F)(F)F)cc(C23CC4CC(CC(C4)C2)C3)nc1S[C@@H](C(=O)O)c1ccccc1.